The zero-order chi connectivity index (χ0) is 14.9. The highest BCUT2D eigenvalue weighted by molar-refractivity contribution is 6.37. The number of nitrogens with two attached hydrogens (primary N) is 1. The van der Waals surface area contributed by atoms with Gasteiger partial charge in [-0.05, 0) is 42.8 Å². The van der Waals surface area contributed by atoms with Crippen LogP contribution >= 0.6 is 34.8 Å². The van der Waals surface area contributed by atoms with E-state index in [1.54, 1.807) is 24.3 Å². The monoisotopic (exact) mass is 328 g/mol. The molecule has 0 aliphatic carbocycles. The van der Waals surface area contributed by atoms with Crippen molar-refractivity contribution in [1.82, 2.24) is 0 Å². The maximum atomic E-state index is 12.2. The SMILES string of the molecule is Cc1cc(N)c(NC(=O)c2ccc(Cl)cc2Cl)cc1Cl. The zero-order valence-electron chi connectivity index (χ0n) is 10.5. The Morgan fingerprint density at radius 3 is 2.45 bits per heavy atom. The van der Waals surface area contributed by atoms with Gasteiger partial charge >= 0.3 is 0 Å². The number of anilines is 2. The maximum Gasteiger partial charge on any atom is 0.257 e. The largest absolute Gasteiger partial charge is 0.397 e. The van der Waals surface area contributed by atoms with Crippen molar-refractivity contribution in [2.24, 2.45) is 0 Å². The number of amides is 1. The first-order valence-electron chi connectivity index (χ1n) is 5.70. The third-order valence-corrected chi connectivity index (χ3v) is 3.71. The van der Waals surface area contributed by atoms with Crippen LogP contribution in [0.15, 0.2) is 30.3 Å². The van der Waals surface area contributed by atoms with Crippen LogP contribution in [0, 0.1) is 6.92 Å². The van der Waals surface area contributed by atoms with E-state index >= 15 is 0 Å². The summed E-state index contributed by atoms with van der Waals surface area (Å²) in [6, 6.07) is 7.94. The highest BCUT2D eigenvalue weighted by atomic mass is 35.5. The second-order valence-corrected chi connectivity index (χ2v) is 5.52. The molecule has 0 heterocycles. The molecule has 0 atom stereocenters. The van der Waals surface area contributed by atoms with Crippen LogP contribution in [0.5, 0.6) is 0 Å². The minimum atomic E-state index is -0.377. The summed E-state index contributed by atoms with van der Waals surface area (Å²) in [6.07, 6.45) is 0. The number of hydrogen-bond donors (Lipinski definition) is 2. The summed E-state index contributed by atoms with van der Waals surface area (Å²) >= 11 is 17.8. The highest BCUT2D eigenvalue weighted by Crippen LogP contribution is 2.28. The van der Waals surface area contributed by atoms with Gasteiger partial charge in [0.25, 0.3) is 5.91 Å². The van der Waals surface area contributed by atoms with Crippen LogP contribution in [-0.2, 0) is 0 Å². The van der Waals surface area contributed by atoms with Crippen molar-refractivity contribution in [3.63, 3.8) is 0 Å². The second kappa shape index (κ2) is 5.92. The number of carbonyl (C=O) groups is 1. The molecule has 2 rings (SSSR count). The first kappa shape index (κ1) is 15.0. The molecule has 20 heavy (non-hydrogen) atoms. The normalized spacial score (nSPS) is 10.4. The average Bonchev–Trinajstić information content (AvgIpc) is 2.35. The van der Waals surface area contributed by atoms with Crippen molar-refractivity contribution in [2.75, 3.05) is 11.1 Å². The van der Waals surface area contributed by atoms with Crippen molar-refractivity contribution in [3.8, 4) is 0 Å². The molecule has 1 amide bonds. The van der Waals surface area contributed by atoms with Crippen LogP contribution in [-0.4, -0.2) is 5.91 Å². The Morgan fingerprint density at radius 2 is 1.80 bits per heavy atom. The number of rotatable bonds is 2. The van der Waals surface area contributed by atoms with Crippen LogP contribution < -0.4 is 11.1 Å². The van der Waals surface area contributed by atoms with Gasteiger partial charge in [0.2, 0.25) is 0 Å². The smallest absolute Gasteiger partial charge is 0.257 e. The van der Waals surface area contributed by atoms with Gasteiger partial charge in [-0.2, -0.15) is 0 Å². The van der Waals surface area contributed by atoms with E-state index in [2.05, 4.69) is 5.32 Å². The molecular weight excluding hydrogens is 319 g/mol. The molecule has 2 aromatic carbocycles. The Hall–Kier alpha value is -1.42. The molecule has 0 aliphatic heterocycles. The summed E-state index contributed by atoms with van der Waals surface area (Å²) in [5.74, 6) is -0.377. The number of hydrogen-bond acceptors (Lipinski definition) is 2. The fraction of sp³-hybridized carbons (Fsp3) is 0.0714. The average molecular weight is 330 g/mol. The molecule has 0 aliphatic rings. The van der Waals surface area contributed by atoms with Gasteiger partial charge in [-0.25, -0.2) is 0 Å². The van der Waals surface area contributed by atoms with Crippen LogP contribution in [0.25, 0.3) is 0 Å². The Kier molecular flexibility index (Phi) is 4.43. The predicted molar refractivity (Wildman–Crippen MR) is 85.0 cm³/mol. The van der Waals surface area contributed by atoms with Gasteiger partial charge in [0.05, 0.1) is 22.0 Å². The summed E-state index contributed by atoms with van der Waals surface area (Å²) < 4.78 is 0. The molecule has 3 nitrogen and oxygen atoms in total. The van der Waals surface area contributed by atoms with Crippen LogP contribution in [0.2, 0.25) is 15.1 Å². The molecule has 6 heteroatoms. The summed E-state index contributed by atoms with van der Waals surface area (Å²) in [5.41, 5.74) is 7.88. The van der Waals surface area contributed by atoms with Crippen LogP contribution in [0.4, 0.5) is 11.4 Å². The Labute approximate surface area is 131 Å². The van der Waals surface area contributed by atoms with Gasteiger partial charge < -0.3 is 11.1 Å². The number of halogens is 3. The van der Waals surface area contributed by atoms with E-state index in [-0.39, 0.29) is 10.9 Å². The van der Waals surface area contributed by atoms with Crippen molar-refractivity contribution in [1.29, 1.82) is 0 Å². The summed E-state index contributed by atoms with van der Waals surface area (Å²) in [7, 11) is 0. The van der Waals surface area contributed by atoms with E-state index in [9.17, 15) is 4.79 Å². The number of nitrogens with one attached hydrogen (secondary N) is 1. The van der Waals surface area contributed by atoms with Gasteiger partial charge in [-0.3, -0.25) is 4.79 Å². The molecule has 0 bridgehead atoms. The van der Waals surface area contributed by atoms with Gasteiger partial charge in [0.15, 0.2) is 0 Å². The molecular formula is C14H11Cl3N2O. The van der Waals surface area contributed by atoms with E-state index in [0.717, 1.165) is 5.56 Å². The summed E-state index contributed by atoms with van der Waals surface area (Å²) in [4.78, 5) is 12.2. The predicted octanol–water partition coefficient (Wildman–Crippen LogP) is 4.79. The van der Waals surface area contributed by atoms with Crippen molar-refractivity contribution in [2.45, 2.75) is 6.92 Å². The number of aryl methyl sites for hydroxylation is 1. The molecule has 0 unspecified atom stereocenters. The van der Waals surface area contributed by atoms with Crippen molar-refractivity contribution >= 4 is 52.1 Å². The fourth-order valence-electron chi connectivity index (χ4n) is 1.68. The minimum absolute atomic E-state index is 0.270. The minimum Gasteiger partial charge on any atom is -0.397 e. The Morgan fingerprint density at radius 1 is 1.10 bits per heavy atom. The first-order chi connectivity index (χ1) is 9.38. The molecule has 0 saturated heterocycles. The molecule has 0 fully saturated rings. The fourth-order valence-corrected chi connectivity index (χ4v) is 2.33. The number of carbonyl (C=O) groups excluding carboxylic acids is 1. The van der Waals surface area contributed by atoms with E-state index < -0.39 is 0 Å². The Bertz CT molecular complexity index is 686. The summed E-state index contributed by atoms with van der Waals surface area (Å²) in [5, 5.41) is 3.94. The second-order valence-electron chi connectivity index (χ2n) is 4.27. The maximum absolute atomic E-state index is 12.2. The summed E-state index contributed by atoms with van der Waals surface area (Å²) in [6.45, 7) is 1.83. The van der Waals surface area contributed by atoms with Gasteiger partial charge in [0.1, 0.15) is 0 Å². The van der Waals surface area contributed by atoms with E-state index in [1.165, 1.54) is 6.07 Å². The first-order valence-corrected chi connectivity index (χ1v) is 6.84. The van der Waals surface area contributed by atoms with Gasteiger partial charge in [-0.15, -0.1) is 0 Å². The molecule has 2 aromatic rings. The third kappa shape index (κ3) is 3.18. The highest BCUT2D eigenvalue weighted by Gasteiger charge is 2.13. The third-order valence-electron chi connectivity index (χ3n) is 2.75. The topological polar surface area (TPSA) is 55.1 Å². The molecule has 104 valence electrons. The zero-order valence-corrected chi connectivity index (χ0v) is 12.8. The van der Waals surface area contributed by atoms with Crippen LogP contribution in [0.3, 0.4) is 0 Å². The van der Waals surface area contributed by atoms with E-state index in [4.69, 9.17) is 40.5 Å². The molecule has 0 saturated carbocycles. The van der Waals surface area contributed by atoms with Gasteiger partial charge in [-0.1, -0.05) is 34.8 Å². The van der Waals surface area contributed by atoms with Crippen molar-refractivity contribution in [3.05, 3.63) is 56.5 Å². The van der Waals surface area contributed by atoms with Gasteiger partial charge in [0, 0.05) is 10.0 Å². The number of nitrogen functional groups attached to an aromatic ring is 1. The Balaban J connectivity index is 2.30. The molecule has 0 aromatic heterocycles. The van der Waals surface area contributed by atoms with E-state index in [1.807, 2.05) is 6.92 Å². The molecule has 0 radical (unpaired) electrons. The quantitative estimate of drug-likeness (QED) is 0.778. The standard InChI is InChI=1S/C14H11Cl3N2O/c1-7-4-12(18)13(6-10(7)16)19-14(20)9-3-2-8(15)5-11(9)17/h2-6H,18H2,1H3,(H,19,20). The lowest BCUT2D eigenvalue weighted by atomic mass is 10.1. The van der Waals surface area contributed by atoms with E-state index in [0.29, 0.717) is 27.0 Å². The molecule has 0 spiro atoms. The molecule has 3 N–H and O–H groups in total. The lowest BCUT2D eigenvalue weighted by molar-refractivity contribution is 0.102. The lowest BCUT2D eigenvalue weighted by Gasteiger charge is -2.11. The van der Waals surface area contributed by atoms with Crippen molar-refractivity contribution < 1.29 is 4.79 Å². The number of benzene rings is 2. The van der Waals surface area contributed by atoms with Crippen LogP contribution in [0.1, 0.15) is 15.9 Å². The lowest BCUT2D eigenvalue weighted by Crippen LogP contribution is -2.13.